The van der Waals surface area contributed by atoms with Crippen LogP contribution in [0.3, 0.4) is 0 Å². The lowest BCUT2D eigenvalue weighted by Gasteiger charge is -2.27. The third-order valence-electron chi connectivity index (χ3n) is 6.01. The van der Waals surface area contributed by atoms with Gasteiger partial charge in [-0.1, -0.05) is 71.8 Å². The SMILES string of the molecule is Cc1ccc(S(=O)(=O)N(Cc2ccc(Cl)cc2)c2ccccc2C(=O)NCCSCc2ccccc2F)cc1. The van der Waals surface area contributed by atoms with Crippen molar-refractivity contribution in [1.29, 1.82) is 0 Å². The first kappa shape index (κ1) is 28.7. The van der Waals surface area contributed by atoms with Crippen LogP contribution in [0.1, 0.15) is 27.0 Å². The van der Waals surface area contributed by atoms with Crippen molar-refractivity contribution in [2.24, 2.45) is 0 Å². The zero-order valence-corrected chi connectivity index (χ0v) is 23.7. The van der Waals surface area contributed by atoms with Crippen molar-refractivity contribution in [3.05, 3.63) is 130 Å². The average Bonchev–Trinajstić information content (AvgIpc) is 2.93. The van der Waals surface area contributed by atoms with Gasteiger partial charge in [0.1, 0.15) is 5.82 Å². The molecule has 0 aliphatic rings. The highest BCUT2D eigenvalue weighted by molar-refractivity contribution is 7.98. The third-order valence-corrected chi connectivity index (χ3v) is 9.05. The smallest absolute Gasteiger partial charge is 0.264 e. The molecule has 4 aromatic carbocycles. The largest absolute Gasteiger partial charge is 0.351 e. The maximum absolute atomic E-state index is 13.9. The van der Waals surface area contributed by atoms with Gasteiger partial charge in [0.25, 0.3) is 15.9 Å². The Bertz CT molecular complexity index is 1530. The second-order valence-corrected chi connectivity index (χ2v) is 12.3. The van der Waals surface area contributed by atoms with Crippen LogP contribution in [0.4, 0.5) is 10.1 Å². The molecule has 9 heteroatoms. The number of nitrogens with zero attached hydrogens (tertiary/aromatic N) is 1. The van der Waals surface area contributed by atoms with Crippen molar-refractivity contribution in [3.63, 3.8) is 0 Å². The van der Waals surface area contributed by atoms with Crippen molar-refractivity contribution in [1.82, 2.24) is 5.32 Å². The summed E-state index contributed by atoms with van der Waals surface area (Å²) < 4.78 is 42.9. The van der Waals surface area contributed by atoms with Gasteiger partial charge in [0.15, 0.2) is 0 Å². The van der Waals surface area contributed by atoms with Crippen molar-refractivity contribution < 1.29 is 17.6 Å². The number of carbonyl (C=O) groups is 1. The first-order valence-electron chi connectivity index (χ1n) is 12.3. The second-order valence-electron chi connectivity index (χ2n) is 8.87. The molecule has 202 valence electrons. The number of aryl methyl sites for hydroxylation is 1. The van der Waals surface area contributed by atoms with Crippen molar-refractivity contribution in [2.45, 2.75) is 24.1 Å². The maximum atomic E-state index is 13.9. The number of nitrogens with one attached hydrogen (secondary N) is 1. The lowest BCUT2D eigenvalue weighted by molar-refractivity contribution is 0.0957. The number of thioether (sulfide) groups is 1. The fourth-order valence-corrected chi connectivity index (χ4v) is 6.35. The van der Waals surface area contributed by atoms with E-state index in [1.54, 1.807) is 91.0 Å². The van der Waals surface area contributed by atoms with E-state index in [0.717, 1.165) is 11.1 Å². The number of carbonyl (C=O) groups excluding carboxylic acids is 1. The highest BCUT2D eigenvalue weighted by Gasteiger charge is 2.28. The minimum Gasteiger partial charge on any atom is -0.351 e. The van der Waals surface area contributed by atoms with Gasteiger partial charge in [-0.3, -0.25) is 9.10 Å². The first-order chi connectivity index (χ1) is 18.8. The minimum atomic E-state index is -4.02. The molecule has 4 rings (SSSR count). The van der Waals surface area contributed by atoms with Gasteiger partial charge in [-0.25, -0.2) is 12.8 Å². The van der Waals surface area contributed by atoms with Crippen LogP contribution in [0, 0.1) is 12.7 Å². The Morgan fingerprint density at radius 3 is 2.31 bits per heavy atom. The quantitative estimate of drug-likeness (QED) is 0.197. The van der Waals surface area contributed by atoms with Crippen LogP contribution in [0.25, 0.3) is 0 Å². The van der Waals surface area contributed by atoms with Crippen LogP contribution >= 0.6 is 23.4 Å². The molecule has 1 amide bonds. The van der Waals surface area contributed by atoms with Gasteiger partial charge in [0.05, 0.1) is 22.7 Å². The zero-order chi connectivity index (χ0) is 27.8. The Balaban J connectivity index is 1.56. The van der Waals surface area contributed by atoms with Crippen molar-refractivity contribution in [3.8, 4) is 0 Å². The molecule has 0 heterocycles. The van der Waals surface area contributed by atoms with E-state index in [4.69, 9.17) is 11.6 Å². The molecule has 0 bridgehead atoms. The average molecular weight is 583 g/mol. The summed E-state index contributed by atoms with van der Waals surface area (Å²) in [6, 6.07) is 26.8. The molecular weight excluding hydrogens is 555 g/mol. The lowest BCUT2D eigenvalue weighted by Crippen LogP contribution is -2.34. The maximum Gasteiger partial charge on any atom is 0.264 e. The van der Waals surface area contributed by atoms with E-state index in [0.29, 0.717) is 28.6 Å². The van der Waals surface area contributed by atoms with E-state index in [1.165, 1.54) is 22.1 Å². The van der Waals surface area contributed by atoms with Crippen LogP contribution in [0.15, 0.2) is 102 Å². The van der Waals surface area contributed by atoms with Crippen LogP contribution in [0.2, 0.25) is 5.02 Å². The van der Waals surface area contributed by atoms with E-state index < -0.39 is 15.9 Å². The summed E-state index contributed by atoms with van der Waals surface area (Å²) >= 11 is 7.54. The predicted octanol–water partition coefficient (Wildman–Crippen LogP) is 6.85. The predicted molar refractivity (Wildman–Crippen MR) is 157 cm³/mol. The Morgan fingerprint density at radius 1 is 0.923 bits per heavy atom. The Labute approximate surface area is 238 Å². The number of anilines is 1. The Hall–Kier alpha value is -3.33. The molecule has 0 saturated heterocycles. The number of hydrogen-bond acceptors (Lipinski definition) is 4. The molecule has 0 unspecified atom stereocenters. The number of para-hydroxylation sites is 1. The molecule has 0 atom stereocenters. The van der Waals surface area contributed by atoms with Crippen LogP contribution in [0.5, 0.6) is 0 Å². The lowest BCUT2D eigenvalue weighted by atomic mass is 10.1. The number of sulfonamides is 1. The molecule has 0 spiro atoms. The van der Waals surface area contributed by atoms with E-state index in [-0.39, 0.29) is 28.5 Å². The summed E-state index contributed by atoms with van der Waals surface area (Å²) in [4.78, 5) is 13.4. The Kier molecular flexibility index (Phi) is 9.67. The fourth-order valence-electron chi connectivity index (χ4n) is 3.91. The van der Waals surface area contributed by atoms with Crippen LogP contribution in [-0.2, 0) is 22.3 Å². The highest BCUT2D eigenvalue weighted by atomic mass is 35.5. The molecule has 0 aliphatic carbocycles. The standard InChI is InChI=1S/C30H28ClFN2O3S2/c1-22-10-16-26(17-11-22)39(36,37)34(20-23-12-14-25(31)15-13-23)29-9-5-3-7-27(29)30(35)33-18-19-38-21-24-6-2-4-8-28(24)32/h2-17H,18-21H2,1H3,(H,33,35). The molecule has 5 nitrogen and oxygen atoms in total. The molecule has 0 saturated carbocycles. The molecule has 39 heavy (non-hydrogen) atoms. The normalized spacial score (nSPS) is 11.3. The zero-order valence-electron chi connectivity index (χ0n) is 21.3. The monoisotopic (exact) mass is 582 g/mol. The van der Waals surface area contributed by atoms with Gasteiger partial charge in [-0.15, -0.1) is 0 Å². The van der Waals surface area contributed by atoms with Gasteiger partial charge >= 0.3 is 0 Å². The van der Waals surface area contributed by atoms with E-state index in [1.807, 2.05) is 6.92 Å². The number of amides is 1. The summed E-state index contributed by atoms with van der Waals surface area (Å²) in [5.74, 6) is 0.414. The summed E-state index contributed by atoms with van der Waals surface area (Å²) in [6.45, 7) is 2.24. The second kappa shape index (κ2) is 13.2. The molecule has 1 N–H and O–H groups in total. The molecule has 0 aromatic heterocycles. The van der Waals surface area contributed by atoms with Gasteiger partial charge in [-0.2, -0.15) is 11.8 Å². The number of hydrogen-bond donors (Lipinski definition) is 1. The van der Waals surface area contributed by atoms with Gasteiger partial charge in [0, 0.05) is 23.1 Å². The number of halogens is 2. The fraction of sp³-hybridized carbons (Fsp3) is 0.167. The highest BCUT2D eigenvalue weighted by Crippen LogP contribution is 2.30. The molecule has 4 aromatic rings. The third kappa shape index (κ3) is 7.41. The topological polar surface area (TPSA) is 66.5 Å². The molecule has 0 aliphatic heterocycles. The van der Waals surface area contributed by atoms with Crippen LogP contribution < -0.4 is 9.62 Å². The summed E-state index contributed by atoms with van der Waals surface area (Å²) in [6.07, 6.45) is 0. The van der Waals surface area contributed by atoms with Crippen LogP contribution in [-0.4, -0.2) is 26.6 Å². The Morgan fingerprint density at radius 2 is 1.59 bits per heavy atom. The van der Waals surface area contributed by atoms with Gasteiger partial charge < -0.3 is 5.32 Å². The first-order valence-corrected chi connectivity index (χ1v) is 15.3. The van der Waals surface area contributed by atoms with Crippen molar-refractivity contribution in [2.75, 3.05) is 16.6 Å². The van der Waals surface area contributed by atoms with E-state index in [2.05, 4.69) is 5.32 Å². The summed E-state index contributed by atoms with van der Waals surface area (Å²) in [7, 11) is -4.02. The van der Waals surface area contributed by atoms with Gasteiger partial charge in [0.2, 0.25) is 0 Å². The minimum absolute atomic E-state index is 0.0101. The van der Waals surface area contributed by atoms with E-state index in [9.17, 15) is 17.6 Å². The van der Waals surface area contributed by atoms with Crippen molar-refractivity contribution >= 4 is 45.0 Å². The summed E-state index contributed by atoms with van der Waals surface area (Å²) in [5.41, 5.74) is 2.77. The molecule has 0 fully saturated rings. The van der Waals surface area contributed by atoms with E-state index >= 15 is 0 Å². The van der Waals surface area contributed by atoms with Gasteiger partial charge in [-0.05, 0) is 60.5 Å². The number of benzene rings is 4. The molecular formula is C30H28ClFN2O3S2. The summed E-state index contributed by atoms with van der Waals surface area (Å²) in [5, 5.41) is 3.41. The molecule has 0 radical (unpaired) electrons. The number of rotatable bonds is 11.